The molecule has 1 saturated carbocycles. The Morgan fingerprint density at radius 1 is 1.38 bits per heavy atom. The van der Waals surface area contributed by atoms with Crippen LogP contribution in [-0.2, 0) is 6.42 Å². The second kappa shape index (κ2) is 3.59. The van der Waals surface area contributed by atoms with Gasteiger partial charge in [-0.25, -0.2) is 4.39 Å². The summed E-state index contributed by atoms with van der Waals surface area (Å²) >= 11 is 0. The summed E-state index contributed by atoms with van der Waals surface area (Å²) in [6.45, 7) is 0.568. The quantitative estimate of drug-likeness (QED) is 0.843. The first-order valence-electron chi connectivity index (χ1n) is 5.79. The number of hydrogen-bond acceptors (Lipinski definition) is 1. The minimum Gasteiger partial charge on any atom is -0.344 e. The van der Waals surface area contributed by atoms with Gasteiger partial charge in [-0.05, 0) is 43.5 Å². The summed E-state index contributed by atoms with van der Waals surface area (Å²) in [5, 5.41) is 0.764. The molecule has 1 fully saturated rings. The van der Waals surface area contributed by atoms with Crippen LogP contribution in [0.25, 0.3) is 10.9 Å². The van der Waals surface area contributed by atoms with Gasteiger partial charge in [0.2, 0.25) is 0 Å². The molecule has 84 valence electrons. The van der Waals surface area contributed by atoms with E-state index in [2.05, 4.69) is 10.8 Å². The van der Waals surface area contributed by atoms with E-state index in [1.165, 1.54) is 18.9 Å². The van der Waals surface area contributed by atoms with Gasteiger partial charge >= 0.3 is 0 Å². The Morgan fingerprint density at radius 3 is 2.88 bits per heavy atom. The van der Waals surface area contributed by atoms with Crippen LogP contribution in [0.2, 0.25) is 0 Å². The van der Waals surface area contributed by atoms with Crippen molar-refractivity contribution < 1.29 is 4.39 Å². The molecule has 1 aromatic heterocycles. The lowest BCUT2D eigenvalue weighted by atomic mass is 10.1. The number of aromatic nitrogens is 1. The molecule has 0 aliphatic heterocycles. The first-order chi connectivity index (χ1) is 7.81. The molecule has 1 heterocycles. The predicted octanol–water partition coefficient (Wildman–Crippen LogP) is 2.62. The smallest absolute Gasteiger partial charge is 0.132 e. The molecule has 0 atom stereocenters. The van der Waals surface area contributed by atoms with Gasteiger partial charge in [0, 0.05) is 17.6 Å². The van der Waals surface area contributed by atoms with Crippen molar-refractivity contribution in [1.29, 1.82) is 0 Å². The maximum absolute atomic E-state index is 13.8. The number of hydrogen-bond donors (Lipinski definition) is 1. The molecule has 0 bridgehead atoms. The normalized spacial score (nSPS) is 15.9. The summed E-state index contributed by atoms with van der Waals surface area (Å²) in [5.74, 6) is -0.125. The number of rotatable bonds is 3. The van der Waals surface area contributed by atoms with E-state index in [1.54, 1.807) is 6.07 Å². The average Bonchev–Trinajstić information content (AvgIpc) is 3.04. The van der Waals surface area contributed by atoms with Gasteiger partial charge in [-0.2, -0.15) is 0 Å². The highest BCUT2D eigenvalue weighted by Gasteiger charge is 2.26. The predicted molar refractivity (Wildman–Crippen MR) is 62.9 cm³/mol. The monoisotopic (exact) mass is 218 g/mol. The number of nitrogens with zero attached hydrogens (tertiary/aromatic N) is 1. The van der Waals surface area contributed by atoms with E-state index in [9.17, 15) is 4.39 Å². The molecule has 0 spiro atoms. The zero-order valence-electron chi connectivity index (χ0n) is 9.12. The maximum Gasteiger partial charge on any atom is 0.132 e. The van der Waals surface area contributed by atoms with Gasteiger partial charge in [0.15, 0.2) is 0 Å². The molecule has 0 saturated heterocycles. The van der Waals surface area contributed by atoms with E-state index < -0.39 is 0 Å². The van der Waals surface area contributed by atoms with E-state index in [4.69, 9.17) is 5.73 Å². The Kier molecular flexibility index (Phi) is 2.21. The first-order valence-corrected chi connectivity index (χ1v) is 5.79. The molecule has 16 heavy (non-hydrogen) atoms. The third kappa shape index (κ3) is 1.43. The molecule has 1 aliphatic rings. The van der Waals surface area contributed by atoms with Crippen molar-refractivity contribution in [3.8, 4) is 0 Å². The van der Waals surface area contributed by atoms with E-state index >= 15 is 0 Å². The van der Waals surface area contributed by atoms with Crippen LogP contribution < -0.4 is 5.73 Å². The maximum atomic E-state index is 13.8. The molecule has 1 aliphatic carbocycles. The number of nitrogens with two attached hydrogens (primary N) is 1. The van der Waals surface area contributed by atoms with Crippen molar-refractivity contribution in [2.24, 2.45) is 5.73 Å². The molecule has 0 radical (unpaired) electrons. The minimum absolute atomic E-state index is 0.125. The van der Waals surface area contributed by atoms with Crippen LogP contribution in [0.1, 0.15) is 24.4 Å². The second-order valence-electron chi connectivity index (χ2n) is 4.47. The van der Waals surface area contributed by atoms with Crippen molar-refractivity contribution in [3.05, 3.63) is 35.8 Å². The van der Waals surface area contributed by atoms with Gasteiger partial charge in [0.1, 0.15) is 5.82 Å². The lowest BCUT2D eigenvalue weighted by Crippen LogP contribution is -2.02. The van der Waals surface area contributed by atoms with Gasteiger partial charge in [0.25, 0.3) is 0 Å². The Bertz CT molecular complexity index is 526. The minimum atomic E-state index is -0.125. The molecule has 3 heteroatoms. The molecule has 2 N–H and O–H groups in total. The van der Waals surface area contributed by atoms with Crippen molar-refractivity contribution >= 4 is 10.9 Å². The SMILES string of the molecule is NCCc1cn(C2CC2)c2cccc(F)c12. The van der Waals surface area contributed by atoms with E-state index in [0.717, 1.165) is 22.9 Å². The molecule has 0 unspecified atom stereocenters. The van der Waals surface area contributed by atoms with E-state index in [-0.39, 0.29) is 5.82 Å². The highest BCUT2D eigenvalue weighted by atomic mass is 19.1. The van der Waals surface area contributed by atoms with Crippen LogP contribution in [0, 0.1) is 5.82 Å². The highest BCUT2D eigenvalue weighted by Crippen LogP contribution is 2.39. The zero-order valence-corrected chi connectivity index (χ0v) is 9.12. The molecular formula is C13H15FN2. The third-order valence-corrected chi connectivity index (χ3v) is 3.24. The van der Waals surface area contributed by atoms with Gasteiger partial charge in [-0.1, -0.05) is 6.07 Å². The lowest BCUT2D eigenvalue weighted by Gasteiger charge is -2.01. The van der Waals surface area contributed by atoms with Crippen molar-refractivity contribution in [2.75, 3.05) is 6.54 Å². The molecule has 1 aromatic carbocycles. The fourth-order valence-corrected chi connectivity index (χ4v) is 2.35. The fraction of sp³-hybridized carbons (Fsp3) is 0.385. The van der Waals surface area contributed by atoms with Crippen molar-refractivity contribution in [1.82, 2.24) is 4.57 Å². The third-order valence-electron chi connectivity index (χ3n) is 3.24. The summed E-state index contributed by atoms with van der Waals surface area (Å²) in [7, 11) is 0. The van der Waals surface area contributed by atoms with Gasteiger partial charge < -0.3 is 10.3 Å². The van der Waals surface area contributed by atoms with Crippen LogP contribution >= 0.6 is 0 Å². The average molecular weight is 218 g/mol. The largest absolute Gasteiger partial charge is 0.344 e. The molecular weight excluding hydrogens is 203 g/mol. The Morgan fingerprint density at radius 2 is 2.19 bits per heavy atom. The van der Waals surface area contributed by atoms with E-state index in [1.807, 2.05) is 6.07 Å². The van der Waals surface area contributed by atoms with Crippen LogP contribution in [-0.4, -0.2) is 11.1 Å². The van der Waals surface area contributed by atoms with Crippen molar-refractivity contribution in [3.63, 3.8) is 0 Å². The number of benzene rings is 1. The number of halogens is 1. The summed E-state index contributed by atoms with van der Waals surface area (Å²) < 4.78 is 16.0. The standard InChI is InChI=1S/C13H15FN2/c14-11-2-1-3-12-13(11)9(6-7-15)8-16(12)10-4-5-10/h1-3,8,10H,4-7,15H2. The van der Waals surface area contributed by atoms with Crippen LogP contribution in [0.4, 0.5) is 4.39 Å². The summed E-state index contributed by atoms with van der Waals surface area (Å²) in [6, 6.07) is 5.88. The van der Waals surface area contributed by atoms with Crippen LogP contribution in [0.3, 0.4) is 0 Å². The van der Waals surface area contributed by atoms with Gasteiger partial charge in [0.05, 0.1) is 5.52 Å². The Labute approximate surface area is 93.9 Å². The fourth-order valence-electron chi connectivity index (χ4n) is 2.35. The van der Waals surface area contributed by atoms with E-state index in [0.29, 0.717) is 12.6 Å². The summed E-state index contributed by atoms with van der Waals surface area (Å²) in [4.78, 5) is 0. The Hall–Kier alpha value is -1.35. The summed E-state index contributed by atoms with van der Waals surface area (Å²) in [5.41, 5.74) is 7.63. The van der Waals surface area contributed by atoms with Crippen LogP contribution in [0.5, 0.6) is 0 Å². The zero-order chi connectivity index (χ0) is 11.1. The highest BCUT2D eigenvalue weighted by molar-refractivity contribution is 5.85. The summed E-state index contributed by atoms with van der Waals surface area (Å²) in [6.07, 6.45) is 5.25. The molecule has 0 amide bonds. The molecule has 2 nitrogen and oxygen atoms in total. The number of fused-ring (bicyclic) bond motifs is 1. The van der Waals surface area contributed by atoms with Gasteiger partial charge in [-0.15, -0.1) is 0 Å². The topological polar surface area (TPSA) is 30.9 Å². The van der Waals surface area contributed by atoms with Crippen molar-refractivity contribution in [2.45, 2.75) is 25.3 Å². The first kappa shape index (κ1) is 9.85. The van der Waals surface area contributed by atoms with Gasteiger partial charge in [-0.3, -0.25) is 0 Å². The lowest BCUT2D eigenvalue weighted by molar-refractivity contribution is 0.638. The molecule has 3 rings (SSSR count). The van der Waals surface area contributed by atoms with Crippen LogP contribution in [0.15, 0.2) is 24.4 Å². The second-order valence-corrected chi connectivity index (χ2v) is 4.47. The Balaban J connectivity index is 2.24. The molecule has 2 aromatic rings.